The number of carbonyl (C=O) groups excluding carboxylic acids is 1. The van der Waals surface area contributed by atoms with Crippen molar-refractivity contribution in [3.63, 3.8) is 0 Å². The summed E-state index contributed by atoms with van der Waals surface area (Å²) < 4.78 is 33.7. The second-order valence-corrected chi connectivity index (χ2v) is 18.2. The van der Waals surface area contributed by atoms with Crippen molar-refractivity contribution < 1.29 is 28.2 Å². The number of hydrogen-bond acceptors (Lipinski definition) is 6. The van der Waals surface area contributed by atoms with Crippen molar-refractivity contribution in [2.24, 2.45) is 0 Å². The molecular weight excluding hydrogens is 496 g/mol. The summed E-state index contributed by atoms with van der Waals surface area (Å²) in [4.78, 5) is 11.9. The minimum absolute atomic E-state index is 0.0358. The summed E-state index contributed by atoms with van der Waals surface area (Å²) >= 11 is 0. The van der Waals surface area contributed by atoms with Crippen molar-refractivity contribution >= 4 is 14.1 Å². The van der Waals surface area contributed by atoms with Crippen LogP contribution in [0.4, 0.5) is 0 Å². The van der Waals surface area contributed by atoms with E-state index in [4.69, 9.17) is 23.4 Å². The van der Waals surface area contributed by atoms with Gasteiger partial charge in [-0.2, -0.15) is 0 Å². The van der Waals surface area contributed by atoms with Crippen LogP contribution in [0.15, 0.2) is 30.3 Å². The summed E-state index contributed by atoms with van der Waals surface area (Å²) in [6, 6.07) is 10.3. The zero-order valence-electron chi connectivity index (χ0n) is 24.8. The number of ether oxygens (including phenoxy) is 4. The highest BCUT2D eigenvalue weighted by Crippen LogP contribution is 2.56. The fraction of sp³-hybridized carbons (Fsp3) is 0.774. The highest BCUT2D eigenvalue weighted by molar-refractivity contribution is 6.74. The number of carbonyl (C=O) groups is 1. The second kappa shape index (κ2) is 11.4. The molecule has 38 heavy (non-hydrogen) atoms. The molecule has 3 saturated heterocycles. The minimum Gasteiger partial charge on any atom is -0.406 e. The molecule has 214 valence electrons. The zero-order valence-corrected chi connectivity index (χ0v) is 25.8. The van der Waals surface area contributed by atoms with Crippen LogP contribution in [-0.2, 0) is 34.8 Å². The molecule has 1 aromatic carbocycles. The molecule has 0 bridgehead atoms. The highest BCUT2D eigenvalue weighted by atomic mass is 28.4. The SMILES string of the molecule is CC(=O)C[C@H]1CCC[C@@]2(CC[C@@]3(O[C@H](CCOCc4ccccc4)CC[C@@]3(C)O[Si](C)(C)C(C)(C)C)O2)O1. The third-order valence-corrected chi connectivity index (χ3v) is 13.8. The average molecular weight is 547 g/mol. The van der Waals surface area contributed by atoms with Crippen LogP contribution in [0.3, 0.4) is 0 Å². The smallest absolute Gasteiger partial charge is 0.199 e. The Bertz CT molecular complexity index is 945. The van der Waals surface area contributed by atoms with E-state index in [1.54, 1.807) is 6.92 Å². The zero-order chi connectivity index (χ0) is 27.7. The maximum Gasteiger partial charge on any atom is 0.199 e. The highest BCUT2D eigenvalue weighted by Gasteiger charge is 2.65. The van der Waals surface area contributed by atoms with Gasteiger partial charge in [0.25, 0.3) is 0 Å². The molecule has 3 fully saturated rings. The van der Waals surface area contributed by atoms with E-state index in [1.165, 1.54) is 5.56 Å². The maximum absolute atomic E-state index is 11.9. The van der Waals surface area contributed by atoms with E-state index < -0.39 is 25.5 Å². The Morgan fingerprint density at radius 3 is 2.45 bits per heavy atom. The summed E-state index contributed by atoms with van der Waals surface area (Å²) in [5.41, 5.74) is 0.608. The fourth-order valence-electron chi connectivity index (χ4n) is 6.06. The lowest BCUT2D eigenvalue weighted by molar-refractivity contribution is -0.398. The van der Waals surface area contributed by atoms with Crippen molar-refractivity contribution in [2.45, 2.75) is 147 Å². The molecule has 0 aliphatic carbocycles. The van der Waals surface area contributed by atoms with Crippen LogP contribution >= 0.6 is 0 Å². The van der Waals surface area contributed by atoms with Crippen molar-refractivity contribution in [1.82, 2.24) is 0 Å². The number of hydrogen-bond donors (Lipinski definition) is 0. The third-order valence-electron chi connectivity index (χ3n) is 9.25. The van der Waals surface area contributed by atoms with Crippen LogP contribution in [0.5, 0.6) is 0 Å². The molecule has 5 atom stereocenters. The molecular formula is C31H50O6Si. The van der Waals surface area contributed by atoms with E-state index in [0.29, 0.717) is 19.6 Å². The molecule has 2 spiro atoms. The average Bonchev–Trinajstić information content (AvgIpc) is 3.17. The molecule has 1 aromatic rings. The van der Waals surface area contributed by atoms with E-state index in [2.05, 4.69) is 52.9 Å². The van der Waals surface area contributed by atoms with Gasteiger partial charge in [0.15, 0.2) is 19.9 Å². The predicted octanol–water partition coefficient (Wildman–Crippen LogP) is 7.30. The van der Waals surface area contributed by atoms with Gasteiger partial charge in [-0.05, 0) is 69.6 Å². The Kier molecular flexibility index (Phi) is 8.98. The van der Waals surface area contributed by atoms with E-state index in [9.17, 15) is 4.79 Å². The second-order valence-electron chi connectivity index (χ2n) is 13.5. The lowest BCUT2D eigenvalue weighted by atomic mass is 9.83. The number of benzene rings is 1. The Labute approximate surface area is 231 Å². The molecule has 3 heterocycles. The Morgan fingerprint density at radius 1 is 1.03 bits per heavy atom. The molecule has 4 rings (SSSR count). The van der Waals surface area contributed by atoms with Gasteiger partial charge in [0.1, 0.15) is 11.4 Å². The lowest BCUT2D eigenvalue weighted by Crippen LogP contribution is -2.65. The molecule has 6 nitrogen and oxygen atoms in total. The third kappa shape index (κ3) is 6.61. The normalized spacial score (nSPS) is 34.2. The summed E-state index contributed by atoms with van der Waals surface area (Å²) in [7, 11) is -2.12. The van der Waals surface area contributed by atoms with Crippen molar-refractivity contribution in [3.8, 4) is 0 Å². The summed E-state index contributed by atoms with van der Waals surface area (Å²) in [6.07, 6.45) is 7.19. The van der Waals surface area contributed by atoms with Gasteiger partial charge in [0.2, 0.25) is 0 Å². The Hall–Kier alpha value is -1.09. The minimum atomic E-state index is -2.12. The quantitative estimate of drug-likeness (QED) is 0.239. The van der Waals surface area contributed by atoms with Crippen LogP contribution in [0, 0.1) is 0 Å². The molecule has 3 aliphatic heterocycles. The summed E-state index contributed by atoms with van der Waals surface area (Å²) in [6.45, 7) is 16.5. The summed E-state index contributed by atoms with van der Waals surface area (Å²) in [5.74, 6) is -1.42. The van der Waals surface area contributed by atoms with E-state index in [0.717, 1.165) is 51.4 Å². The molecule has 3 aliphatic rings. The van der Waals surface area contributed by atoms with Crippen LogP contribution in [0.1, 0.15) is 98.0 Å². The summed E-state index contributed by atoms with van der Waals surface area (Å²) in [5, 5.41) is 0.0730. The van der Waals surface area contributed by atoms with Crippen LogP contribution in [0.25, 0.3) is 0 Å². The lowest BCUT2D eigenvalue weighted by Gasteiger charge is -2.56. The van der Waals surface area contributed by atoms with Gasteiger partial charge in [-0.3, -0.25) is 4.79 Å². The van der Waals surface area contributed by atoms with Gasteiger partial charge in [-0.1, -0.05) is 51.1 Å². The molecule has 0 amide bonds. The first-order valence-corrected chi connectivity index (χ1v) is 17.6. The number of Topliss-reactive ketones (excluding diaryl/α,β-unsaturated/α-hetero) is 1. The molecule has 0 saturated carbocycles. The monoisotopic (exact) mass is 546 g/mol. The molecule has 7 heteroatoms. The van der Waals surface area contributed by atoms with Gasteiger partial charge in [0.05, 0.1) is 18.8 Å². The van der Waals surface area contributed by atoms with Crippen LogP contribution < -0.4 is 0 Å². The van der Waals surface area contributed by atoms with Gasteiger partial charge in [0, 0.05) is 32.3 Å². The maximum atomic E-state index is 11.9. The first-order chi connectivity index (χ1) is 17.8. The standard InChI is InChI=1S/C31H50O6Si/c1-24(32)22-27-14-11-17-30(34-27)19-20-31(36-30)29(5,37-38(6,7)28(2,3)4)18-15-26(35-31)16-21-33-23-25-12-9-8-10-13-25/h8-10,12-13,26-27H,11,14-23H2,1-7H3/t26-,27+,29+,30+,31+/m0/s1. The molecule has 0 N–H and O–H groups in total. The van der Waals surface area contributed by atoms with Gasteiger partial charge in [-0.25, -0.2) is 0 Å². The topological polar surface area (TPSA) is 63.2 Å². The van der Waals surface area contributed by atoms with Gasteiger partial charge < -0.3 is 23.4 Å². The van der Waals surface area contributed by atoms with E-state index in [1.807, 2.05) is 18.2 Å². The van der Waals surface area contributed by atoms with E-state index in [-0.39, 0.29) is 23.0 Å². The van der Waals surface area contributed by atoms with Crippen molar-refractivity contribution in [1.29, 1.82) is 0 Å². The van der Waals surface area contributed by atoms with Crippen LogP contribution in [-0.4, -0.2) is 50.1 Å². The van der Waals surface area contributed by atoms with Gasteiger partial charge >= 0.3 is 0 Å². The molecule has 0 unspecified atom stereocenters. The van der Waals surface area contributed by atoms with Crippen molar-refractivity contribution in [2.75, 3.05) is 6.61 Å². The fourth-order valence-corrected chi connectivity index (χ4v) is 7.75. The largest absolute Gasteiger partial charge is 0.406 e. The number of ketones is 1. The Morgan fingerprint density at radius 2 is 1.76 bits per heavy atom. The van der Waals surface area contributed by atoms with Gasteiger partial charge in [-0.15, -0.1) is 0 Å². The predicted molar refractivity (Wildman–Crippen MR) is 151 cm³/mol. The molecule has 0 aromatic heterocycles. The first kappa shape index (κ1) is 29.9. The Balaban J connectivity index is 1.50. The number of rotatable bonds is 9. The van der Waals surface area contributed by atoms with Crippen LogP contribution in [0.2, 0.25) is 18.1 Å². The van der Waals surface area contributed by atoms with E-state index >= 15 is 0 Å². The van der Waals surface area contributed by atoms with Crippen molar-refractivity contribution in [3.05, 3.63) is 35.9 Å². The first-order valence-electron chi connectivity index (χ1n) is 14.6. The molecule has 0 radical (unpaired) electrons.